The lowest BCUT2D eigenvalue weighted by Crippen LogP contribution is -2.19. The van der Waals surface area contributed by atoms with Crippen molar-refractivity contribution in [2.75, 3.05) is 12.4 Å². The number of benzene rings is 2. The van der Waals surface area contributed by atoms with Crippen LogP contribution in [-0.2, 0) is 9.59 Å². The third kappa shape index (κ3) is 4.31. The molecule has 0 aromatic heterocycles. The van der Waals surface area contributed by atoms with Crippen LogP contribution in [0.4, 0.5) is 11.4 Å². The molecule has 1 aliphatic heterocycles. The first kappa shape index (κ1) is 17.8. The highest BCUT2D eigenvalue weighted by Crippen LogP contribution is 2.30. The van der Waals surface area contributed by atoms with Crippen molar-refractivity contribution in [3.8, 4) is 5.75 Å². The molecule has 1 fully saturated rings. The van der Waals surface area contributed by atoms with Gasteiger partial charge in [-0.15, -0.1) is 0 Å². The third-order valence-electron chi connectivity index (χ3n) is 3.49. The van der Waals surface area contributed by atoms with Gasteiger partial charge in [-0.1, -0.05) is 18.2 Å². The van der Waals surface area contributed by atoms with Crippen molar-refractivity contribution in [1.29, 1.82) is 0 Å². The van der Waals surface area contributed by atoms with Gasteiger partial charge in [0.05, 0.1) is 17.7 Å². The molecule has 0 atom stereocenters. The van der Waals surface area contributed by atoms with Gasteiger partial charge >= 0.3 is 0 Å². The Morgan fingerprint density at radius 2 is 1.92 bits per heavy atom. The highest BCUT2D eigenvalue weighted by atomic mass is 32.2. The van der Waals surface area contributed by atoms with Crippen LogP contribution in [0.2, 0.25) is 0 Å². The number of hydrogen-bond donors (Lipinski definition) is 2. The number of methoxy groups -OCH3 is 1. The molecule has 7 heteroatoms. The van der Waals surface area contributed by atoms with Crippen molar-refractivity contribution >= 4 is 46.2 Å². The Labute approximate surface area is 155 Å². The number of carbonyl (C=O) groups excluding carboxylic acids is 2. The minimum Gasteiger partial charge on any atom is -0.496 e. The number of para-hydroxylation sites is 1. The summed E-state index contributed by atoms with van der Waals surface area (Å²) in [7, 11) is 1.59. The molecule has 0 radical (unpaired) electrons. The van der Waals surface area contributed by atoms with Crippen LogP contribution in [0.15, 0.2) is 58.4 Å². The summed E-state index contributed by atoms with van der Waals surface area (Å²) < 4.78 is 5.31. The Kier molecular flexibility index (Phi) is 5.38. The van der Waals surface area contributed by atoms with Crippen molar-refractivity contribution in [2.45, 2.75) is 6.92 Å². The van der Waals surface area contributed by atoms with E-state index in [0.717, 1.165) is 5.56 Å². The van der Waals surface area contributed by atoms with Gasteiger partial charge in [0, 0.05) is 18.2 Å². The minimum atomic E-state index is -0.200. The number of anilines is 1. The van der Waals surface area contributed by atoms with Crippen LogP contribution in [-0.4, -0.2) is 24.1 Å². The van der Waals surface area contributed by atoms with Gasteiger partial charge in [-0.3, -0.25) is 9.59 Å². The van der Waals surface area contributed by atoms with Crippen molar-refractivity contribution < 1.29 is 14.3 Å². The highest BCUT2D eigenvalue weighted by Gasteiger charge is 2.24. The summed E-state index contributed by atoms with van der Waals surface area (Å²) in [5.74, 6) is 0.371. The zero-order valence-electron chi connectivity index (χ0n) is 14.3. The normalized spacial score (nSPS) is 16.6. The van der Waals surface area contributed by atoms with Crippen molar-refractivity contribution in [2.24, 2.45) is 4.99 Å². The third-order valence-corrected chi connectivity index (χ3v) is 4.40. The molecule has 0 unspecified atom stereocenters. The SMILES string of the molecule is COc1ccccc1/C=C1\SC(=Nc2ccc(NC(C)=O)cc2)NC1=O. The number of thioether (sulfide) groups is 1. The summed E-state index contributed by atoms with van der Waals surface area (Å²) in [6.45, 7) is 1.45. The molecule has 0 spiro atoms. The lowest BCUT2D eigenvalue weighted by Gasteiger charge is -2.03. The maximum Gasteiger partial charge on any atom is 0.264 e. The van der Waals surface area contributed by atoms with Crippen LogP contribution in [0.3, 0.4) is 0 Å². The summed E-state index contributed by atoms with van der Waals surface area (Å²) in [6, 6.07) is 14.5. The molecular weight excluding hydrogens is 350 g/mol. The Morgan fingerprint density at radius 3 is 2.62 bits per heavy atom. The fourth-order valence-electron chi connectivity index (χ4n) is 2.35. The topological polar surface area (TPSA) is 79.8 Å². The van der Waals surface area contributed by atoms with Gasteiger partial charge in [0.2, 0.25) is 5.91 Å². The van der Waals surface area contributed by atoms with Crippen LogP contribution < -0.4 is 15.4 Å². The second-order valence-corrected chi connectivity index (χ2v) is 6.48. The zero-order valence-corrected chi connectivity index (χ0v) is 15.1. The van der Waals surface area contributed by atoms with E-state index in [0.29, 0.717) is 27.2 Å². The zero-order chi connectivity index (χ0) is 18.5. The number of hydrogen-bond acceptors (Lipinski definition) is 5. The molecule has 132 valence electrons. The summed E-state index contributed by atoms with van der Waals surface area (Å²) in [5, 5.41) is 5.95. The van der Waals surface area contributed by atoms with Crippen LogP contribution in [0.5, 0.6) is 5.75 Å². The quantitative estimate of drug-likeness (QED) is 0.810. The molecule has 3 rings (SSSR count). The second kappa shape index (κ2) is 7.88. The van der Waals surface area contributed by atoms with E-state index in [1.165, 1.54) is 18.7 Å². The maximum absolute atomic E-state index is 12.2. The molecule has 0 bridgehead atoms. The number of aliphatic imine (C=N–C) groups is 1. The maximum atomic E-state index is 12.2. The molecule has 2 aromatic carbocycles. The molecule has 0 aliphatic carbocycles. The van der Waals surface area contributed by atoms with Crippen LogP contribution in [0.25, 0.3) is 6.08 Å². The van der Waals surface area contributed by atoms with E-state index in [1.807, 2.05) is 24.3 Å². The van der Waals surface area contributed by atoms with E-state index < -0.39 is 0 Å². The van der Waals surface area contributed by atoms with Crippen molar-refractivity contribution in [1.82, 2.24) is 5.32 Å². The number of nitrogens with one attached hydrogen (secondary N) is 2. The van der Waals surface area contributed by atoms with Crippen LogP contribution in [0.1, 0.15) is 12.5 Å². The van der Waals surface area contributed by atoms with E-state index in [-0.39, 0.29) is 11.8 Å². The fraction of sp³-hybridized carbons (Fsp3) is 0.105. The predicted molar refractivity (Wildman–Crippen MR) is 105 cm³/mol. The Morgan fingerprint density at radius 1 is 1.19 bits per heavy atom. The molecule has 2 amide bonds. The average molecular weight is 367 g/mol. The van der Waals surface area contributed by atoms with Crippen LogP contribution >= 0.6 is 11.8 Å². The van der Waals surface area contributed by atoms with E-state index >= 15 is 0 Å². The number of carbonyl (C=O) groups is 2. The smallest absolute Gasteiger partial charge is 0.264 e. The Bertz CT molecular complexity index is 905. The highest BCUT2D eigenvalue weighted by molar-refractivity contribution is 8.18. The molecule has 2 N–H and O–H groups in total. The number of ether oxygens (including phenoxy) is 1. The molecule has 1 aliphatic rings. The summed E-state index contributed by atoms with van der Waals surface area (Å²) in [4.78, 5) is 28.2. The summed E-state index contributed by atoms with van der Waals surface area (Å²) in [6.07, 6.45) is 1.78. The molecule has 2 aromatic rings. The molecule has 1 heterocycles. The van der Waals surface area contributed by atoms with Crippen molar-refractivity contribution in [3.05, 3.63) is 59.0 Å². The van der Waals surface area contributed by atoms with Gasteiger partial charge in [-0.2, -0.15) is 0 Å². The Hall–Kier alpha value is -3.06. The second-order valence-electron chi connectivity index (χ2n) is 5.45. The molecule has 26 heavy (non-hydrogen) atoms. The number of rotatable bonds is 4. The minimum absolute atomic E-state index is 0.131. The largest absolute Gasteiger partial charge is 0.496 e. The molecular formula is C19H17N3O3S. The van der Waals surface area contributed by atoms with Gasteiger partial charge in [0.15, 0.2) is 5.17 Å². The van der Waals surface area contributed by atoms with Gasteiger partial charge < -0.3 is 15.4 Å². The first-order chi connectivity index (χ1) is 12.5. The summed E-state index contributed by atoms with van der Waals surface area (Å²) in [5.41, 5.74) is 2.20. The molecule has 0 saturated carbocycles. The van der Waals surface area contributed by atoms with Crippen molar-refractivity contribution in [3.63, 3.8) is 0 Å². The number of amides is 2. The van der Waals surface area contributed by atoms with E-state index in [2.05, 4.69) is 15.6 Å². The van der Waals surface area contributed by atoms with Gasteiger partial charge in [-0.05, 0) is 48.2 Å². The van der Waals surface area contributed by atoms with Gasteiger partial charge in [0.1, 0.15) is 5.75 Å². The molecule has 1 saturated heterocycles. The van der Waals surface area contributed by atoms with E-state index in [4.69, 9.17) is 4.74 Å². The van der Waals surface area contributed by atoms with Gasteiger partial charge in [0.25, 0.3) is 5.91 Å². The van der Waals surface area contributed by atoms with Gasteiger partial charge in [-0.25, -0.2) is 4.99 Å². The predicted octanol–water partition coefficient (Wildman–Crippen LogP) is 3.55. The average Bonchev–Trinajstić information content (AvgIpc) is 2.96. The first-order valence-electron chi connectivity index (χ1n) is 7.85. The van der Waals surface area contributed by atoms with E-state index in [9.17, 15) is 9.59 Å². The Balaban J connectivity index is 1.77. The lowest BCUT2D eigenvalue weighted by molar-refractivity contribution is -0.115. The molecule has 6 nitrogen and oxygen atoms in total. The fourth-order valence-corrected chi connectivity index (χ4v) is 3.18. The first-order valence-corrected chi connectivity index (χ1v) is 8.67. The number of amidine groups is 1. The van der Waals surface area contributed by atoms with Crippen LogP contribution in [0, 0.1) is 0 Å². The summed E-state index contributed by atoms with van der Waals surface area (Å²) >= 11 is 1.27. The monoisotopic (exact) mass is 367 g/mol. The van der Waals surface area contributed by atoms with E-state index in [1.54, 1.807) is 37.5 Å². The lowest BCUT2D eigenvalue weighted by atomic mass is 10.2. The standard InChI is InChI=1S/C19H17N3O3S/c1-12(23)20-14-7-9-15(10-8-14)21-19-22-18(24)17(26-19)11-13-5-3-4-6-16(13)25-2/h3-11H,1-2H3,(H,20,23)(H,21,22,24)/b17-11-. The number of nitrogens with zero attached hydrogens (tertiary/aromatic N) is 1.